The van der Waals surface area contributed by atoms with E-state index in [1.54, 1.807) is 12.3 Å². The molecule has 2 nitrogen and oxygen atoms in total. The fourth-order valence-electron chi connectivity index (χ4n) is 0.579. The minimum absolute atomic E-state index is 0.777. The van der Waals surface area contributed by atoms with Gasteiger partial charge in [0.1, 0.15) is 0 Å². The molecule has 40 valence electrons. The molecule has 0 radical (unpaired) electrons. The minimum atomic E-state index is 0.777. The van der Waals surface area contributed by atoms with Crippen molar-refractivity contribution in [2.75, 3.05) is 6.54 Å². The van der Waals surface area contributed by atoms with Crippen molar-refractivity contribution in [2.45, 2.75) is 6.42 Å². The lowest BCUT2D eigenvalue weighted by Crippen LogP contribution is -1.90. The van der Waals surface area contributed by atoms with Crippen LogP contribution in [0.4, 0.5) is 0 Å². The molecule has 0 aromatic rings. The van der Waals surface area contributed by atoms with Crippen molar-refractivity contribution in [3.05, 3.63) is 11.6 Å². The summed E-state index contributed by atoms with van der Waals surface area (Å²) in [5.74, 6) is 0. The van der Waals surface area contributed by atoms with Gasteiger partial charge < -0.3 is 0 Å². The van der Waals surface area contributed by atoms with Crippen molar-refractivity contribution < 1.29 is 0 Å². The van der Waals surface area contributed by atoms with Gasteiger partial charge in [-0.1, -0.05) is 0 Å². The summed E-state index contributed by atoms with van der Waals surface area (Å²) in [4.78, 5) is 3.92. The molecule has 0 aliphatic carbocycles. The van der Waals surface area contributed by atoms with Gasteiger partial charge in [0.25, 0.3) is 0 Å². The average molecular weight is 106 g/mol. The van der Waals surface area contributed by atoms with Gasteiger partial charge in [-0.15, -0.1) is 0 Å². The Bertz CT molecular complexity index is 171. The van der Waals surface area contributed by atoms with Crippen molar-refractivity contribution in [2.24, 2.45) is 4.99 Å². The third-order valence-corrected chi connectivity index (χ3v) is 1.03. The molecule has 0 aromatic heterocycles. The second-order valence-corrected chi connectivity index (χ2v) is 1.61. The minimum Gasteiger partial charge on any atom is -0.293 e. The lowest BCUT2D eigenvalue weighted by Gasteiger charge is -1.96. The van der Waals surface area contributed by atoms with Crippen molar-refractivity contribution in [1.29, 1.82) is 5.26 Å². The Labute approximate surface area is 48.2 Å². The number of aliphatic imine (C=N–C) groups is 1. The molecule has 0 saturated heterocycles. The second kappa shape index (κ2) is 2.27. The predicted octanol–water partition coefficient (Wildman–Crippen LogP) is 0.911. The van der Waals surface area contributed by atoms with Gasteiger partial charge >= 0.3 is 0 Å². The number of hydrogen-bond donors (Lipinski definition) is 0. The molecule has 1 aliphatic rings. The Hall–Kier alpha value is -1.10. The molecule has 1 aliphatic heterocycles. The van der Waals surface area contributed by atoms with Crippen molar-refractivity contribution in [3.63, 3.8) is 0 Å². The van der Waals surface area contributed by atoms with Crippen molar-refractivity contribution in [1.82, 2.24) is 0 Å². The zero-order valence-electron chi connectivity index (χ0n) is 4.46. The first-order valence-corrected chi connectivity index (χ1v) is 2.52. The summed E-state index contributed by atoms with van der Waals surface area (Å²) in [6.45, 7) is 0.777. The lowest BCUT2D eigenvalue weighted by molar-refractivity contribution is 0.969. The van der Waals surface area contributed by atoms with Crippen LogP contribution in [0.5, 0.6) is 0 Å². The summed E-state index contributed by atoms with van der Waals surface area (Å²) >= 11 is 0. The first-order chi connectivity index (χ1) is 3.93. The van der Waals surface area contributed by atoms with E-state index < -0.39 is 0 Å². The van der Waals surface area contributed by atoms with Crippen LogP contribution in [0, 0.1) is 11.3 Å². The Morgan fingerprint density at radius 1 is 1.75 bits per heavy atom. The summed E-state index contributed by atoms with van der Waals surface area (Å²) in [5, 5.41) is 8.31. The summed E-state index contributed by atoms with van der Waals surface area (Å²) in [7, 11) is 0. The van der Waals surface area contributed by atoms with Crippen LogP contribution in [0.15, 0.2) is 16.6 Å². The second-order valence-electron chi connectivity index (χ2n) is 1.61. The highest BCUT2D eigenvalue weighted by molar-refractivity contribution is 5.74. The average Bonchev–Trinajstić information content (AvgIpc) is 1.90. The largest absolute Gasteiger partial charge is 0.293 e. The number of nitriles is 1. The molecule has 1 rings (SSSR count). The molecule has 0 N–H and O–H groups in total. The fraction of sp³-hybridized carbons (Fsp3) is 0.333. The molecular weight excluding hydrogens is 100 g/mol. The quantitative estimate of drug-likeness (QED) is 0.452. The van der Waals surface area contributed by atoms with Crippen molar-refractivity contribution in [3.8, 4) is 6.07 Å². The van der Waals surface area contributed by atoms with Crippen LogP contribution >= 0.6 is 0 Å². The topological polar surface area (TPSA) is 36.1 Å². The molecule has 0 unspecified atom stereocenters. The van der Waals surface area contributed by atoms with Crippen LogP contribution in [-0.2, 0) is 0 Å². The standard InChI is InChI=1S/C6H6N2/c7-5-6-1-3-8-4-2-6/h1,3H,2,4H2. The number of hydrogen-bond acceptors (Lipinski definition) is 2. The summed E-state index contributed by atoms with van der Waals surface area (Å²) in [6, 6.07) is 2.07. The van der Waals surface area contributed by atoms with E-state index in [0.29, 0.717) is 0 Å². The maximum atomic E-state index is 8.31. The third kappa shape index (κ3) is 0.941. The number of rotatable bonds is 0. The number of allylic oxidation sites excluding steroid dienone is 1. The molecule has 0 bridgehead atoms. The van der Waals surface area contributed by atoms with Gasteiger partial charge in [0.15, 0.2) is 0 Å². The molecule has 0 aromatic carbocycles. The molecule has 0 saturated carbocycles. The molecule has 0 amide bonds. The smallest absolute Gasteiger partial charge is 0.0948 e. The van der Waals surface area contributed by atoms with Crippen LogP contribution in [0.25, 0.3) is 0 Å². The highest BCUT2D eigenvalue weighted by Gasteiger charge is 1.95. The first-order valence-electron chi connectivity index (χ1n) is 2.52. The van der Waals surface area contributed by atoms with Gasteiger partial charge in [-0.3, -0.25) is 4.99 Å². The Morgan fingerprint density at radius 2 is 2.62 bits per heavy atom. The van der Waals surface area contributed by atoms with Gasteiger partial charge in [-0.25, -0.2) is 0 Å². The third-order valence-electron chi connectivity index (χ3n) is 1.03. The maximum Gasteiger partial charge on any atom is 0.0948 e. The normalized spacial score (nSPS) is 17.1. The Balaban J connectivity index is 2.67. The molecule has 0 spiro atoms. The van der Waals surface area contributed by atoms with E-state index in [0.717, 1.165) is 18.5 Å². The van der Waals surface area contributed by atoms with E-state index in [1.807, 2.05) is 0 Å². The van der Waals surface area contributed by atoms with Gasteiger partial charge in [-0.2, -0.15) is 5.26 Å². The maximum absolute atomic E-state index is 8.31. The van der Waals surface area contributed by atoms with Crippen LogP contribution in [0.3, 0.4) is 0 Å². The van der Waals surface area contributed by atoms with Crippen molar-refractivity contribution >= 4 is 6.21 Å². The fourth-order valence-corrected chi connectivity index (χ4v) is 0.579. The molecule has 0 fully saturated rings. The van der Waals surface area contributed by atoms with Crippen LogP contribution in [0.2, 0.25) is 0 Å². The predicted molar refractivity (Wildman–Crippen MR) is 31.7 cm³/mol. The van der Waals surface area contributed by atoms with Gasteiger partial charge in [-0.05, 0) is 6.08 Å². The van der Waals surface area contributed by atoms with Gasteiger partial charge in [0.05, 0.1) is 6.07 Å². The van der Waals surface area contributed by atoms with Gasteiger partial charge in [0.2, 0.25) is 0 Å². The summed E-state index contributed by atoms with van der Waals surface area (Å²) in [6.07, 6.45) is 4.25. The first kappa shape index (κ1) is 5.04. The highest BCUT2D eigenvalue weighted by atomic mass is 14.7. The SMILES string of the molecule is N#CC1=CC=NCC1. The number of nitrogens with zero attached hydrogens (tertiary/aromatic N) is 2. The Morgan fingerprint density at radius 3 is 3.00 bits per heavy atom. The summed E-state index contributed by atoms with van der Waals surface area (Å²) < 4.78 is 0. The van der Waals surface area contributed by atoms with Crippen LogP contribution in [-0.4, -0.2) is 12.8 Å². The van der Waals surface area contributed by atoms with E-state index in [4.69, 9.17) is 5.26 Å². The van der Waals surface area contributed by atoms with E-state index in [9.17, 15) is 0 Å². The van der Waals surface area contributed by atoms with Crippen LogP contribution < -0.4 is 0 Å². The molecule has 2 heteroatoms. The van der Waals surface area contributed by atoms with Gasteiger partial charge in [0, 0.05) is 24.8 Å². The van der Waals surface area contributed by atoms with E-state index in [1.165, 1.54) is 0 Å². The molecular formula is C6H6N2. The van der Waals surface area contributed by atoms with Crippen LogP contribution in [0.1, 0.15) is 6.42 Å². The summed E-state index contributed by atoms with van der Waals surface area (Å²) in [5.41, 5.74) is 0.833. The van der Waals surface area contributed by atoms with E-state index in [2.05, 4.69) is 11.1 Å². The molecule has 0 atom stereocenters. The Kier molecular flexibility index (Phi) is 1.43. The zero-order chi connectivity index (χ0) is 5.82. The van der Waals surface area contributed by atoms with E-state index in [-0.39, 0.29) is 0 Å². The zero-order valence-corrected chi connectivity index (χ0v) is 4.46. The lowest BCUT2D eigenvalue weighted by atomic mass is 10.2. The monoisotopic (exact) mass is 106 g/mol. The van der Waals surface area contributed by atoms with E-state index >= 15 is 0 Å². The number of dihydropyridines is 1. The molecule has 8 heavy (non-hydrogen) atoms. The molecule has 1 heterocycles. The highest BCUT2D eigenvalue weighted by Crippen LogP contribution is 2.01.